The lowest BCUT2D eigenvalue weighted by molar-refractivity contribution is -0.133. The van der Waals surface area contributed by atoms with Crippen LogP contribution in [-0.4, -0.2) is 42.8 Å². The minimum Gasteiger partial charge on any atom is -0.491 e. The second kappa shape index (κ2) is 12.4. The number of carbonyl (C=O) groups is 2. The summed E-state index contributed by atoms with van der Waals surface area (Å²) in [7, 11) is 0. The van der Waals surface area contributed by atoms with Gasteiger partial charge in [0.05, 0.1) is 6.61 Å². The molecule has 0 saturated carbocycles. The van der Waals surface area contributed by atoms with Crippen molar-refractivity contribution in [3.8, 4) is 11.5 Å². The van der Waals surface area contributed by atoms with Crippen LogP contribution in [-0.2, 0) is 25.2 Å². The number of hydrogen-bond acceptors (Lipinski definition) is 6. The van der Waals surface area contributed by atoms with Crippen molar-refractivity contribution in [2.45, 2.75) is 97.0 Å². The van der Waals surface area contributed by atoms with Crippen molar-refractivity contribution in [1.82, 2.24) is 0 Å². The number of ether oxygens (including phenoxy) is 3. The Hall–Kier alpha value is -2.70. The number of fused-ring (bicyclic) bond motifs is 1. The molecular formula is C32H44O6. The Morgan fingerprint density at radius 3 is 2.26 bits per heavy atom. The number of rotatable bonds is 12. The number of carbonyl (C=O) groups excluding carboxylic acids is 2. The zero-order chi connectivity index (χ0) is 28.1. The summed E-state index contributed by atoms with van der Waals surface area (Å²) in [5.41, 5.74) is 3.79. The van der Waals surface area contributed by atoms with Crippen LogP contribution in [0.1, 0.15) is 102 Å². The Morgan fingerprint density at radius 2 is 1.66 bits per heavy atom. The fraction of sp³-hybridized carbons (Fsp3) is 0.562. The maximum Gasteiger partial charge on any atom is 0.323 e. The summed E-state index contributed by atoms with van der Waals surface area (Å²) in [5, 5.41) is 8.83. The summed E-state index contributed by atoms with van der Waals surface area (Å²) in [6.07, 6.45) is 2.32. The van der Waals surface area contributed by atoms with Gasteiger partial charge in [-0.2, -0.15) is 0 Å². The first-order valence-corrected chi connectivity index (χ1v) is 13.7. The number of ketones is 1. The number of benzene rings is 2. The molecule has 0 radical (unpaired) electrons. The largest absolute Gasteiger partial charge is 0.491 e. The van der Waals surface area contributed by atoms with Crippen molar-refractivity contribution in [2.75, 3.05) is 19.8 Å². The van der Waals surface area contributed by atoms with Crippen LogP contribution in [0.15, 0.2) is 36.4 Å². The summed E-state index contributed by atoms with van der Waals surface area (Å²) in [6, 6.07) is 11.8. The fourth-order valence-corrected chi connectivity index (χ4v) is 4.60. The van der Waals surface area contributed by atoms with E-state index >= 15 is 0 Å². The smallest absolute Gasteiger partial charge is 0.323 e. The maximum absolute atomic E-state index is 13.1. The Balaban J connectivity index is 1.64. The van der Waals surface area contributed by atoms with Gasteiger partial charge in [0.1, 0.15) is 30.1 Å². The molecule has 0 amide bonds. The monoisotopic (exact) mass is 524 g/mol. The lowest BCUT2D eigenvalue weighted by Crippen LogP contribution is -2.23. The molecule has 2 aromatic carbocycles. The van der Waals surface area contributed by atoms with Gasteiger partial charge in [-0.25, -0.2) is 0 Å². The van der Waals surface area contributed by atoms with Gasteiger partial charge in [0.2, 0.25) is 0 Å². The molecule has 38 heavy (non-hydrogen) atoms. The zero-order valence-corrected chi connectivity index (χ0v) is 24.1. The van der Waals surface area contributed by atoms with Gasteiger partial charge in [0.25, 0.3) is 0 Å². The van der Waals surface area contributed by atoms with Crippen molar-refractivity contribution >= 4 is 11.8 Å². The van der Waals surface area contributed by atoms with Gasteiger partial charge < -0.3 is 19.3 Å². The Kier molecular flexibility index (Phi) is 9.77. The van der Waals surface area contributed by atoms with E-state index in [0.717, 1.165) is 36.0 Å². The van der Waals surface area contributed by atoms with Crippen LogP contribution >= 0.6 is 0 Å². The summed E-state index contributed by atoms with van der Waals surface area (Å²) in [6.45, 7) is 15.5. The van der Waals surface area contributed by atoms with Gasteiger partial charge in [0, 0.05) is 24.2 Å². The third-order valence-corrected chi connectivity index (χ3v) is 7.01. The minimum atomic E-state index is -0.477. The Labute approximate surface area is 227 Å². The number of aliphatic hydroxyl groups is 1. The average molecular weight is 525 g/mol. The molecule has 0 spiro atoms. The van der Waals surface area contributed by atoms with Gasteiger partial charge in [-0.1, -0.05) is 72.2 Å². The molecule has 0 bridgehead atoms. The van der Waals surface area contributed by atoms with Crippen LogP contribution in [0.2, 0.25) is 0 Å². The quantitative estimate of drug-likeness (QED) is 0.201. The highest BCUT2D eigenvalue weighted by Gasteiger charge is 2.39. The first-order chi connectivity index (χ1) is 17.8. The van der Waals surface area contributed by atoms with Crippen LogP contribution in [0.25, 0.3) is 0 Å². The molecule has 2 atom stereocenters. The van der Waals surface area contributed by atoms with Crippen LogP contribution in [0.4, 0.5) is 0 Å². The molecule has 1 N–H and O–H groups in total. The first kappa shape index (κ1) is 29.9. The fourth-order valence-electron chi connectivity index (χ4n) is 4.60. The van der Waals surface area contributed by atoms with E-state index in [4.69, 9.17) is 19.3 Å². The molecule has 6 nitrogen and oxygen atoms in total. The van der Waals surface area contributed by atoms with Gasteiger partial charge in [-0.3, -0.25) is 9.59 Å². The van der Waals surface area contributed by atoms with Crippen molar-refractivity contribution in [2.24, 2.45) is 0 Å². The van der Waals surface area contributed by atoms with Crippen LogP contribution < -0.4 is 9.47 Å². The van der Waals surface area contributed by atoms with Crippen molar-refractivity contribution in [1.29, 1.82) is 0 Å². The van der Waals surface area contributed by atoms with E-state index in [0.29, 0.717) is 31.1 Å². The number of aliphatic hydroxyl groups excluding tert-OH is 1. The number of esters is 1. The van der Waals surface area contributed by atoms with E-state index in [-0.39, 0.29) is 29.2 Å². The van der Waals surface area contributed by atoms with Crippen molar-refractivity contribution in [3.63, 3.8) is 0 Å². The summed E-state index contributed by atoms with van der Waals surface area (Å²) in [4.78, 5) is 25.2. The summed E-state index contributed by atoms with van der Waals surface area (Å²) < 4.78 is 17.3. The molecule has 0 aromatic heterocycles. The maximum atomic E-state index is 13.1. The molecular weight excluding hydrogens is 480 g/mol. The van der Waals surface area contributed by atoms with E-state index in [2.05, 4.69) is 53.7 Å². The lowest BCUT2D eigenvalue weighted by atomic mass is 9.77. The average Bonchev–Trinajstić information content (AvgIpc) is 3.18. The topological polar surface area (TPSA) is 82.1 Å². The van der Waals surface area contributed by atoms with E-state index in [1.54, 1.807) is 6.92 Å². The molecule has 0 saturated heterocycles. The normalized spacial score (nSPS) is 16.2. The molecule has 2 aromatic rings. The highest BCUT2D eigenvalue weighted by atomic mass is 16.5. The van der Waals surface area contributed by atoms with Crippen molar-refractivity contribution < 1.29 is 28.9 Å². The van der Waals surface area contributed by atoms with E-state index in [1.807, 2.05) is 24.3 Å². The molecule has 0 aliphatic carbocycles. The summed E-state index contributed by atoms with van der Waals surface area (Å²) in [5.74, 6) is 0.699. The molecule has 1 aliphatic heterocycles. The van der Waals surface area contributed by atoms with Gasteiger partial charge in [-0.05, 0) is 53.9 Å². The van der Waals surface area contributed by atoms with E-state index < -0.39 is 12.0 Å². The van der Waals surface area contributed by atoms with Gasteiger partial charge >= 0.3 is 5.97 Å². The predicted molar refractivity (Wildman–Crippen MR) is 149 cm³/mol. The molecule has 2 unspecified atom stereocenters. The molecule has 1 aliphatic rings. The highest BCUT2D eigenvalue weighted by molar-refractivity contribution is 5.90. The lowest BCUT2D eigenvalue weighted by Gasteiger charge is -2.27. The SMILES string of the molecule is CC(OCCOc1ccc(C2C(=O)Oc3c2cc(C(C)(C)C)cc3C(C)(C)C)cc1)C(=O)CCCCCO. The third-order valence-electron chi connectivity index (χ3n) is 7.01. The molecule has 3 rings (SSSR count). The number of unbranched alkanes of at least 4 members (excludes halogenated alkanes) is 2. The van der Waals surface area contributed by atoms with Crippen LogP contribution in [0.5, 0.6) is 11.5 Å². The molecule has 6 heteroatoms. The second-order valence-electron chi connectivity index (χ2n) is 12.2. The minimum absolute atomic E-state index is 0.0625. The highest BCUT2D eigenvalue weighted by Crippen LogP contribution is 2.47. The third kappa shape index (κ3) is 7.45. The zero-order valence-electron chi connectivity index (χ0n) is 24.1. The van der Waals surface area contributed by atoms with E-state index in [1.165, 1.54) is 5.56 Å². The number of Topliss-reactive ketones (excluding diaryl/α,β-unsaturated/α-hetero) is 1. The van der Waals surface area contributed by atoms with Gasteiger partial charge in [-0.15, -0.1) is 0 Å². The Bertz CT molecular complexity index is 1100. The van der Waals surface area contributed by atoms with Gasteiger partial charge in [0.15, 0.2) is 5.78 Å². The van der Waals surface area contributed by atoms with E-state index in [9.17, 15) is 9.59 Å². The molecule has 1 heterocycles. The summed E-state index contributed by atoms with van der Waals surface area (Å²) >= 11 is 0. The van der Waals surface area contributed by atoms with Crippen LogP contribution in [0.3, 0.4) is 0 Å². The predicted octanol–water partition coefficient (Wildman–Crippen LogP) is 6.24. The standard InChI is InChI=1S/C32H44O6/c1-21(27(34)11-9-8-10-16-33)36-17-18-37-24-14-12-22(13-15-24)28-25-19-23(31(2,3)4)20-26(32(5,6)7)29(25)38-30(28)35/h12-15,19-21,28,33H,8-11,16-18H2,1-7H3. The second-order valence-corrected chi connectivity index (χ2v) is 12.2. The van der Waals surface area contributed by atoms with Crippen molar-refractivity contribution in [3.05, 3.63) is 58.7 Å². The number of hydrogen-bond donors (Lipinski definition) is 1. The molecule has 208 valence electrons. The molecule has 0 fully saturated rings. The van der Waals surface area contributed by atoms with Crippen LogP contribution in [0, 0.1) is 0 Å². The first-order valence-electron chi connectivity index (χ1n) is 13.7. The Morgan fingerprint density at radius 1 is 0.974 bits per heavy atom.